The molecular weight excluding hydrogens is 411 g/mol. The molecule has 4 fully saturated rings. The Bertz CT molecular complexity index is 877. The predicted molar refractivity (Wildman–Crippen MR) is 132 cm³/mol. The van der Waals surface area contributed by atoms with E-state index in [9.17, 15) is 9.90 Å². The molecule has 0 aromatic carbocycles. The Morgan fingerprint density at radius 1 is 1.00 bits per heavy atom. The average Bonchev–Trinajstić information content (AvgIpc) is 2.73. The molecule has 1 N–H and O–H groups in total. The van der Waals surface area contributed by atoms with Crippen LogP contribution in [0.2, 0.25) is 0 Å². The second kappa shape index (κ2) is 7.10. The van der Waals surface area contributed by atoms with Crippen molar-refractivity contribution in [2.24, 2.45) is 56.7 Å². The number of hydrogen-bond acceptors (Lipinski definition) is 1. The monoisotopic (exact) mass is 458 g/mol. The number of aliphatic carboxylic acids is 1. The zero-order valence-electron chi connectivity index (χ0n) is 22.1. The molecule has 0 bridgehead atoms. The molecule has 5 aliphatic carbocycles. The largest absolute Gasteiger partial charge is 0.481 e. The summed E-state index contributed by atoms with van der Waals surface area (Å²) in [5.74, 6) is 1.06. The summed E-state index contributed by atoms with van der Waals surface area (Å²) in [6, 6.07) is 0. The van der Waals surface area contributed by atoms with E-state index >= 15 is 4.39 Å². The van der Waals surface area contributed by atoms with Gasteiger partial charge in [0, 0.05) is 5.41 Å². The lowest BCUT2D eigenvalue weighted by Gasteiger charge is -2.71. The number of alkyl halides is 1. The minimum Gasteiger partial charge on any atom is -0.481 e. The van der Waals surface area contributed by atoms with Gasteiger partial charge >= 0.3 is 5.97 Å². The lowest BCUT2D eigenvalue weighted by atomic mass is 9.33. The fourth-order valence-corrected chi connectivity index (χ4v) is 10.9. The van der Waals surface area contributed by atoms with Gasteiger partial charge in [0.25, 0.3) is 0 Å². The molecule has 0 spiro atoms. The number of carboxylic acid groups (broad SMARTS) is 1. The van der Waals surface area contributed by atoms with Crippen LogP contribution in [-0.4, -0.2) is 17.2 Å². The Balaban J connectivity index is 1.65. The van der Waals surface area contributed by atoms with E-state index in [0.717, 1.165) is 25.7 Å². The van der Waals surface area contributed by atoms with Crippen molar-refractivity contribution in [3.63, 3.8) is 0 Å². The maximum absolute atomic E-state index is 16.7. The molecule has 3 heteroatoms. The highest BCUT2D eigenvalue weighted by Gasteiger charge is 2.71. The molecule has 33 heavy (non-hydrogen) atoms. The van der Waals surface area contributed by atoms with Gasteiger partial charge in [-0.2, -0.15) is 0 Å². The van der Waals surface area contributed by atoms with Gasteiger partial charge < -0.3 is 5.11 Å². The summed E-state index contributed by atoms with van der Waals surface area (Å²) >= 11 is 0. The molecule has 10 atom stereocenters. The number of hydrogen-bond donors (Lipinski definition) is 1. The van der Waals surface area contributed by atoms with E-state index in [-0.39, 0.29) is 22.2 Å². The van der Waals surface area contributed by atoms with Crippen LogP contribution in [0.1, 0.15) is 106 Å². The molecule has 0 aliphatic heterocycles. The Labute approximate surface area is 201 Å². The number of carbonyl (C=O) groups is 1. The lowest BCUT2D eigenvalue weighted by Crippen LogP contribution is -2.67. The van der Waals surface area contributed by atoms with E-state index in [4.69, 9.17) is 0 Å². The van der Waals surface area contributed by atoms with Gasteiger partial charge in [0.15, 0.2) is 0 Å². The van der Waals surface area contributed by atoms with E-state index in [1.165, 1.54) is 24.8 Å². The van der Waals surface area contributed by atoms with Crippen molar-refractivity contribution < 1.29 is 14.3 Å². The van der Waals surface area contributed by atoms with Crippen molar-refractivity contribution in [3.8, 4) is 0 Å². The van der Waals surface area contributed by atoms with Crippen molar-refractivity contribution in [2.45, 2.75) is 112 Å². The van der Waals surface area contributed by atoms with Crippen LogP contribution in [0.5, 0.6) is 0 Å². The van der Waals surface area contributed by atoms with Crippen LogP contribution in [0.25, 0.3) is 0 Å². The number of fused-ring (bicyclic) bond motifs is 7. The molecule has 2 nitrogen and oxygen atoms in total. The first kappa shape index (κ1) is 23.9. The highest BCUT2D eigenvalue weighted by atomic mass is 19.1. The average molecular weight is 459 g/mol. The second-order valence-corrected chi connectivity index (χ2v) is 14.5. The normalized spacial score (nSPS) is 55.3. The van der Waals surface area contributed by atoms with Gasteiger partial charge in [-0.05, 0) is 97.2 Å². The minimum atomic E-state index is -0.819. The number of allylic oxidation sites excluding steroid dienone is 2. The summed E-state index contributed by atoms with van der Waals surface area (Å²) in [6.45, 7) is 16.4. The molecule has 4 saturated carbocycles. The summed E-state index contributed by atoms with van der Waals surface area (Å²) in [4.78, 5) is 12.8. The van der Waals surface area contributed by atoms with E-state index in [1.807, 2.05) is 0 Å². The van der Waals surface area contributed by atoms with Crippen LogP contribution in [0.3, 0.4) is 0 Å². The molecule has 0 saturated heterocycles. The Hall–Kier alpha value is -0.860. The van der Waals surface area contributed by atoms with Crippen LogP contribution < -0.4 is 0 Å². The second-order valence-electron chi connectivity index (χ2n) is 14.5. The molecule has 10 unspecified atom stereocenters. The summed E-state index contributed by atoms with van der Waals surface area (Å²) < 4.78 is 16.7. The van der Waals surface area contributed by atoms with Crippen molar-refractivity contribution in [1.82, 2.24) is 0 Å². The molecule has 0 radical (unpaired) electrons. The van der Waals surface area contributed by atoms with Gasteiger partial charge in [-0.25, -0.2) is 4.39 Å². The van der Waals surface area contributed by atoms with Crippen LogP contribution in [0.4, 0.5) is 4.39 Å². The first-order valence-electron chi connectivity index (χ1n) is 13.8. The maximum Gasteiger partial charge on any atom is 0.310 e. The molecular formula is C30H47FO2. The highest BCUT2D eigenvalue weighted by Crippen LogP contribution is 2.76. The van der Waals surface area contributed by atoms with Crippen molar-refractivity contribution in [1.29, 1.82) is 0 Å². The number of carboxylic acids is 1. The van der Waals surface area contributed by atoms with E-state index in [0.29, 0.717) is 36.5 Å². The summed E-state index contributed by atoms with van der Waals surface area (Å²) in [5, 5.41) is 10.5. The molecule has 0 aromatic rings. The van der Waals surface area contributed by atoms with E-state index in [1.54, 1.807) is 0 Å². The Morgan fingerprint density at radius 3 is 2.36 bits per heavy atom. The van der Waals surface area contributed by atoms with Crippen molar-refractivity contribution in [2.75, 3.05) is 0 Å². The summed E-state index contributed by atoms with van der Waals surface area (Å²) in [7, 11) is 0. The smallest absolute Gasteiger partial charge is 0.310 e. The molecule has 5 aliphatic rings. The maximum atomic E-state index is 16.7. The summed E-state index contributed by atoms with van der Waals surface area (Å²) in [5.41, 5.74) is 0.369. The van der Waals surface area contributed by atoms with Crippen LogP contribution in [0.15, 0.2) is 11.6 Å². The Kier molecular flexibility index (Phi) is 5.13. The third-order valence-corrected chi connectivity index (χ3v) is 13.2. The zero-order valence-corrected chi connectivity index (χ0v) is 22.1. The van der Waals surface area contributed by atoms with Gasteiger partial charge in [-0.3, -0.25) is 4.79 Å². The van der Waals surface area contributed by atoms with E-state index < -0.39 is 23.0 Å². The fraction of sp³-hybridized carbons (Fsp3) is 0.900. The van der Waals surface area contributed by atoms with E-state index in [2.05, 4.69) is 54.5 Å². The van der Waals surface area contributed by atoms with Crippen LogP contribution in [-0.2, 0) is 4.79 Å². The third-order valence-electron chi connectivity index (χ3n) is 13.2. The summed E-state index contributed by atoms with van der Waals surface area (Å²) in [6.07, 6.45) is 10.2. The molecule has 0 aromatic heterocycles. The lowest BCUT2D eigenvalue weighted by molar-refractivity contribution is -0.215. The van der Waals surface area contributed by atoms with Gasteiger partial charge in [-0.1, -0.05) is 66.5 Å². The van der Waals surface area contributed by atoms with Gasteiger partial charge in [0.1, 0.15) is 6.17 Å². The van der Waals surface area contributed by atoms with Crippen molar-refractivity contribution in [3.05, 3.63) is 11.6 Å². The topological polar surface area (TPSA) is 37.3 Å². The quantitative estimate of drug-likeness (QED) is 0.403. The molecule has 186 valence electrons. The van der Waals surface area contributed by atoms with Gasteiger partial charge in [0.05, 0.1) is 5.41 Å². The number of rotatable bonds is 1. The number of halogens is 1. The third kappa shape index (κ3) is 2.75. The van der Waals surface area contributed by atoms with Crippen LogP contribution in [0, 0.1) is 56.7 Å². The van der Waals surface area contributed by atoms with Crippen molar-refractivity contribution >= 4 is 5.97 Å². The standard InChI is InChI=1S/C30H47FO2/c1-18-11-14-30(25(32)33)16-15-28(6)20(24(30)19(18)2)9-10-21-27(5)13-8-12-26(3,4)22(27)17-23(31)29(21,28)7/h9,18-19,21-24H,8,10-17H2,1-7H3,(H,32,33). The first-order valence-corrected chi connectivity index (χ1v) is 13.8. The molecule has 0 amide bonds. The Morgan fingerprint density at radius 2 is 1.70 bits per heavy atom. The first-order chi connectivity index (χ1) is 15.3. The fourth-order valence-electron chi connectivity index (χ4n) is 10.9. The molecule has 5 rings (SSSR count). The molecule has 0 heterocycles. The highest BCUT2D eigenvalue weighted by molar-refractivity contribution is 5.76. The predicted octanol–water partition coefficient (Wildman–Crippen LogP) is 8.07. The SMILES string of the molecule is CC1CCC2(C(=O)O)CCC3(C)C(=CCC4C5(C)CCCC(C)(C)C5CC(F)C43C)C2C1C. The van der Waals surface area contributed by atoms with Crippen LogP contribution >= 0.6 is 0 Å². The minimum absolute atomic E-state index is 0.0517. The van der Waals surface area contributed by atoms with Gasteiger partial charge in [-0.15, -0.1) is 0 Å². The van der Waals surface area contributed by atoms with Gasteiger partial charge in [0.2, 0.25) is 0 Å². The zero-order chi connectivity index (χ0) is 24.2.